The van der Waals surface area contributed by atoms with E-state index in [-0.39, 0.29) is 35.3 Å². The van der Waals surface area contributed by atoms with Crippen LogP contribution < -0.4 is 4.31 Å². The first-order valence-corrected chi connectivity index (χ1v) is 12.3. The summed E-state index contributed by atoms with van der Waals surface area (Å²) < 4.78 is 40.2. The molecule has 2 atom stereocenters. The number of carbonyl (C=O) groups excluding carboxylic acids is 1. The van der Waals surface area contributed by atoms with Crippen molar-refractivity contribution >= 4 is 32.3 Å². The number of hydrogen-bond donors (Lipinski definition) is 0. The molecular formula is C23H21NO4S2. The van der Waals surface area contributed by atoms with Gasteiger partial charge < -0.3 is 0 Å². The van der Waals surface area contributed by atoms with Crippen LogP contribution in [0, 0.1) is 0 Å². The Balaban J connectivity index is 1.54. The van der Waals surface area contributed by atoms with Crippen LogP contribution in [0.3, 0.4) is 0 Å². The van der Waals surface area contributed by atoms with Crippen molar-refractivity contribution < 1.29 is 17.4 Å². The second-order valence-corrected chi connectivity index (χ2v) is 10.5. The Kier molecular flexibility index (Phi) is 5.83. The summed E-state index contributed by atoms with van der Waals surface area (Å²) in [5.74, 6) is -0.482. The van der Waals surface area contributed by atoms with Crippen molar-refractivity contribution in [2.75, 3.05) is 16.6 Å². The summed E-state index contributed by atoms with van der Waals surface area (Å²) >= 11 is 0. The van der Waals surface area contributed by atoms with Crippen molar-refractivity contribution in [1.29, 1.82) is 0 Å². The van der Waals surface area contributed by atoms with E-state index in [0.29, 0.717) is 10.6 Å². The van der Waals surface area contributed by atoms with Crippen molar-refractivity contribution in [3.05, 3.63) is 90.5 Å². The van der Waals surface area contributed by atoms with Crippen LogP contribution in [0.5, 0.6) is 0 Å². The number of Topliss-reactive ketones (excluding diaryl/α,β-unsaturated/α-hetero) is 1. The molecule has 0 radical (unpaired) electrons. The quantitative estimate of drug-likeness (QED) is 0.562. The van der Waals surface area contributed by atoms with Crippen LogP contribution in [0.15, 0.2) is 94.7 Å². The van der Waals surface area contributed by atoms with Gasteiger partial charge in [-0.05, 0) is 35.9 Å². The van der Waals surface area contributed by atoms with Gasteiger partial charge >= 0.3 is 0 Å². The zero-order valence-corrected chi connectivity index (χ0v) is 17.8. The molecule has 3 aromatic carbocycles. The summed E-state index contributed by atoms with van der Waals surface area (Å²) in [6.45, 7) is 0.195. The van der Waals surface area contributed by atoms with Gasteiger partial charge in [0.15, 0.2) is 0 Å². The van der Waals surface area contributed by atoms with Gasteiger partial charge in [-0.1, -0.05) is 54.6 Å². The predicted molar refractivity (Wildman–Crippen MR) is 117 cm³/mol. The monoisotopic (exact) mass is 439 g/mol. The fraction of sp³-hybridized carbons (Fsp3) is 0.174. The molecule has 0 saturated heterocycles. The third-order valence-corrected chi connectivity index (χ3v) is 8.31. The van der Waals surface area contributed by atoms with Crippen molar-refractivity contribution in [1.82, 2.24) is 0 Å². The van der Waals surface area contributed by atoms with E-state index in [2.05, 4.69) is 0 Å². The van der Waals surface area contributed by atoms with E-state index < -0.39 is 20.8 Å². The Morgan fingerprint density at radius 2 is 1.50 bits per heavy atom. The van der Waals surface area contributed by atoms with Crippen LogP contribution in [0.1, 0.15) is 17.9 Å². The highest BCUT2D eigenvalue weighted by molar-refractivity contribution is 7.92. The normalized spacial score (nSPS) is 16.8. The molecule has 1 aliphatic rings. The lowest BCUT2D eigenvalue weighted by Gasteiger charge is -2.20. The SMILES string of the molecule is O=C(CC1CN(S(=O)(=O)c2ccccc2)c2ccccc21)CS(=O)c1ccccc1. The van der Waals surface area contributed by atoms with Crippen LogP contribution >= 0.6 is 0 Å². The van der Waals surface area contributed by atoms with Crippen LogP contribution in [-0.2, 0) is 25.6 Å². The van der Waals surface area contributed by atoms with Crippen LogP contribution in [0.2, 0.25) is 0 Å². The highest BCUT2D eigenvalue weighted by atomic mass is 32.2. The van der Waals surface area contributed by atoms with E-state index in [1.165, 1.54) is 4.31 Å². The van der Waals surface area contributed by atoms with Gasteiger partial charge in [0.25, 0.3) is 10.0 Å². The molecule has 0 amide bonds. The maximum Gasteiger partial charge on any atom is 0.264 e. The number of carbonyl (C=O) groups is 1. The van der Waals surface area contributed by atoms with E-state index in [0.717, 1.165) is 5.56 Å². The lowest BCUT2D eigenvalue weighted by atomic mass is 9.96. The fourth-order valence-electron chi connectivity index (χ4n) is 3.71. The largest absolute Gasteiger partial charge is 0.299 e. The number of ketones is 1. The first kappa shape index (κ1) is 20.5. The molecule has 0 N–H and O–H groups in total. The molecule has 5 nitrogen and oxygen atoms in total. The van der Waals surface area contributed by atoms with Crippen molar-refractivity contribution in [3.8, 4) is 0 Å². The van der Waals surface area contributed by atoms with Crippen LogP contribution in [-0.4, -0.2) is 30.7 Å². The fourth-order valence-corrected chi connectivity index (χ4v) is 6.31. The van der Waals surface area contributed by atoms with E-state index in [9.17, 15) is 17.4 Å². The summed E-state index contributed by atoms with van der Waals surface area (Å²) in [4.78, 5) is 13.5. The number of hydrogen-bond acceptors (Lipinski definition) is 4. The molecular weight excluding hydrogens is 418 g/mol. The zero-order chi connectivity index (χ0) is 21.1. The van der Waals surface area contributed by atoms with Crippen LogP contribution in [0.4, 0.5) is 5.69 Å². The number of sulfonamides is 1. The highest BCUT2D eigenvalue weighted by Gasteiger charge is 2.37. The Bertz CT molecular complexity index is 1180. The molecule has 1 aliphatic heterocycles. The minimum absolute atomic E-state index is 0.0753. The summed E-state index contributed by atoms with van der Waals surface area (Å²) in [5, 5.41) is 0. The number of rotatable bonds is 7. The maximum atomic E-state index is 13.2. The third-order valence-electron chi connectivity index (χ3n) is 5.13. The molecule has 0 fully saturated rings. The zero-order valence-electron chi connectivity index (χ0n) is 16.2. The number of benzene rings is 3. The predicted octanol–water partition coefficient (Wildman–Crippen LogP) is 3.75. The molecule has 0 saturated carbocycles. The molecule has 1 heterocycles. The average molecular weight is 440 g/mol. The van der Waals surface area contributed by atoms with Crippen molar-refractivity contribution in [2.45, 2.75) is 22.1 Å². The van der Waals surface area contributed by atoms with Gasteiger partial charge in [-0.2, -0.15) is 0 Å². The van der Waals surface area contributed by atoms with Gasteiger partial charge in [0, 0.05) is 23.8 Å². The minimum atomic E-state index is -3.72. The molecule has 4 rings (SSSR count). The lowest BCUT2D eigenvalue weighted by Crippen LogP contribution is -2.30. The Labute approximate surface area is 178 Å². The van der Waals surface area contributed by atoms with Gasteiger partial charge in [0.1, 0.15) is 5.78 Å². The van der Waals surface area contributed by atoms with Crippen molar-refractivity contribution in [2.24, 2.45) is 0 Å². The molecule has 0 bridgehead atoms. The lowest BCUT2D eigenvalue weighted by molar-refractivity contribution is -0.116. The summed E-state index contributed by atoms with van der Waals surface area (Å²) in [6, 6.07) is 24.4. The van der Waals surface area contributed by atoms with E-state index >= 15 is 0 Å². The van der Waals surface area contributed by atoms with E-state index in [1.807, 2.05) is 18.2 Å². The Morgan fingerprint density at radius 3 is 2.20 bits per heavy atom. The molecule has 2 unspecified atom stereocenters. The minimum Gasteiger partial charge on any atom is -0.299 e. The molecule has 7 heteroatoms. The smallest absolute Gasteiger partial charge is 0.264 e. The summed E-state index contributed by atoms with van der Waals surface area (Å²) in [7, 11) is -5.13. The molecule has 0 aliphatic carbocycles. The van der Waals surface area contributed by atoms with Gasteiger partial charge in [-0.15, -0.1) is 0 Å². The van der Waals surface area contributed by atoms with Gasteiger partial charge in [-0.25, -0.2) is 8.42 Å². The average Bonchev–Trinajstić information content (AvgIpc) is 3.14. The second-order valence-electron chi connectivity index (χ2n) is 7.15. The molecule has 3 aromatic rings. The van der Waals surface area contributed by atoms with Gasteiger partial charge in [-0.3, -0.25) is 13.3 Å². The van der Waals surface area contributed by atoms with E-state index in [4.69, 9.17) is 0 Å². The molecule has 154 valence electrons. The third kappa shape index (κ3) is 4.08. The number of para-hydroxylation sites is 1. The first-order valence-electron chi connectivity index (χ1n) is 9.58. The topological polar surface area (TPSA) is 71.5 Å². The second kappa shape index (κ2) is 8.53. The molecule has 0 aromatic heterocycles. The Hall–Kier alpha value is -2.77. The first-order chi connectivity index (χ1) is 14.5. The number of anilines is 1. The molecule has 0 spiro atoms. The van der Waals surface area contributed by atoms with Gasteiger partial charge in [0.2, 0.25) is 0 Å². The number of nitrogens with zero attached hydrogens (tertiary/aromatic N) is 1. The van der Waals surface area contributed by atoms with Crippen molar-refractivity contribution in [3.63, 3.8) is 0 Å². The standard InChI is InChI=1S/C23H21NO4S2/c25-19(17-29(26)20-9-3-1-4-10-20)15-18-16-24(23-14-8-7-13-22(18)23)30(27,28)21-11-5-2-6-12-21/h1-14,18H,15-17H2. The number of fused-ring (bicyclic) bond motifs is 1. The highest BCUT2D eigenvalue weighted by Crippen LogP contribution is 2.41. The van der Waals surface area contributed by atoms with Gasteiger partial charge in [0.05, 0.1) is 27.1 Å². The maximum absolute atomic E-state index is 13.2. The van der Waals surface area contributed by atoms with Crippen LogP contribution in [0.25, 0.3) is 0 Å². The molecule has 30 heavy (non-hydrogen) atoms. The summed E-state index contributed by atoms with van der Waals surface area (Å²) in [5.41, 5.74) is 1.43. The van der Waals surface area contributed by atoms with E-state index in [1.54, 1.807) is 66.7 Å². The Morgan fingerprint density at radius 1 is 0.900 bits per heavy atom. The summed E-state index contributed by atoms with van der Waals surface area (Å²) in [6.07, 6.45) is 0.149.